The summed E-state index contributed by atoms with van der Waals surface area (Å²) in [5.41, 5.74) is 3.68. The van der Waals surface area contributed by atoms with Crippen LogP contribution in [0, 0.1) is 6.92 Å². The van der Waals surface area contributed by atoms with Gasteiger partial charge in [0.05, 0.1) is 30.5 Å². The molecule has 0 atom stereocenters. The average molecular weight is 474 g/mol. The van der Waals surface area contributed by atoms with E-state index in [1.165, 1.54) is 13.2 Å². The first-order valence-corrected chi connectivity index (χ1v) is 11.0. The topological polar surface area (TPSA) is 81.7 Å². The van der Waals surface area contributed by atoms with Crippen LogP contribution >= 0.6 is 11.6 Å². The minimum Gasteiger partial charge on any atom is -0.495 e. The fraction of sp³-hybridized carbons (Fsp3) is 0.111. The Hall–Kier alpha value is -4.03. The highest BCUT2D eigenvalue weighted by Crippen LogP contribution is 2.34. The molecule has 34 heavy (non-hydrogen) atoms. The number of methoxy groups -OCH3 is 1. The molecule has 7 heteroatoms. The van der Waals surface area contributed by atoms with Gasteiger partial charge in [0.2, 0.25) is 11.7 Å². The number of aryl methyl sites for hydroxylation is 1. The van der Waals surface area contributed by atoms with Crippen molar-refractivity contribution in [3.63, 3.8) is 0 Å². The second-order valence-corrected chi connectivity index (χ2v) is 8.37. The molecule has 1 amide bonds. The molecule has 0 aliphatic carbocycles. The van der Waals surface area contributed by atoms with Crippen molar-refractivity contribution < 1.29 is 23.2 Å². The molecule has 6 nitrogen and oxygen atoms in total. The number of benzene rings is 3. The van der Waals surface area contributed by atoms with Gasteiger partial charge in [0, 0.05) is 21.9 Å². The highest BCUT2D eigenvalue weighted by molar-refractivity contribution is 6.32. The lowest BCUT2D eigenvalue weighted by Crippen LogP contribution is -2.16. The summed E-state index contributed by atoms with van der Waals surface area (Å²) in [6, 6.07) is 17.7. The van der Waals surface area contributed by atoms with Crippen LogP contribution in [0.25, 0.3) is 21.9 Å². The van der Waals surface area contributed by atoms with Crippen molar-refractivity contribution >= 4 is 50.9 Å². The van der Waals surface area contributed by atoms with Gasteiger partial charge in [-0.3, -0.25) is 9.59 Å². The molecule has 0 fully saturated rings. The molecule has 0 saturated carbocycles. The van der Waals surface area contributed by atoms with Crippen molar-refractivity contribution in [2.24, 2.45) is 0 Å². The molecular weight excluding hydrogens is 454 g/mol. The summed E-state index contributed by atoms with van der Waals surface area (Å²) in [4.78, 5) is 26.4. The van der Waals surface area contributed by atoms with E-state index in [9.17, 15) is 9.59 Å². The van der Waals surface area contributed by atoms with Crippen LogP contribution in [0.3, 0.4) is 0 Å². The average Bonchev–Trinajstić information content (AvgIpc) is 3.39. The van der Waals surface area contributed by atoms with Crippen LogP contribution in [0.5, 0.6) is 5.75 Å². The van der Waals surface area contributed by atoms with Crippen LogP contribution in [0.15, 0.2) is 75.8 Å². The summed E-state index contributed by atoms with van der Waals surface area (Å²) < 4.78 is 16.6. The first kappa shape index (κ1) is 21.8. The standard InChI is InChI=1S/C27H20ClNO5/c1-15-7-9-21-19(11-15)17(14-33-21)13-24(30)29-25-18-5-3-4-6-22(18)34-27(25)26(31)16-8-10-23(32-2)20(28)12-16/h3-12,14H,13H2,1-2H3,(H,29,30). The van der Waals surface area contributed by atoms with E-state index in [0.717, 1.165) is 22.1 Å². The van der Waals surface area contributed by atoms with Crippen molar-refractivity contribution in [2.75, 3.05) is 12.4 Å². The van der Waals surface area contributed by atoms with Gasteiger partial charge in [-0.1, -0.05) is 35.4 Å². The lowest BCUT2D eigenvalue weighted by Gasteiger charge is -2.07. The Kier molecular flexibility index (Phi) is 5.59. The van der Waals surface area contributed by atoms with Crippen molar-refractivity contribution in [3.05, 3.63) is 94.4 Å². The van der Waals surface area contributed by atoms with E-state index >= 15 is 0 Å². The molecule has 0 aliphatic rings. The van der Waals surface area contributed by atoms with Crippen LogP contribution in [-0.2, 0) is 11.2 Å². The quantitative estimate of drug-likeness (QED) is 0.282. The van der Waals surface area contributed by atoms with Gasteiger partial charge >= 0.3 is 0 Å². The summed E-state index contributed by atoms with van der Waals surface area (Å²) in [6.07, 6.45) is 1.67. The first-order valence-electron chi connectivity index (χ1n) is 10.6. The number of ketones is 1. The number of amides is 1. The predicted molar refractivity (Wildman–Crippen MR) is 131 cm³/mol. The fourth-order valence-corrected chi connectivity index (χ4v) is 4.21. The summed E-state index contributed by atoms with van der Waals surface area (Å²) in [7, 11) is 1.50. The molecule has 5 aromatic rings. The molecule has 2 heterocycles. The van der Waals surface area contributed by atoms with Gasteiger partial charge < -0.3 is 18.9 Å². The zero-order chi connectivity index (χ0) is 23.8. The molecule has 0 bridgehead atoms. The monoisotopic (exact) mass is 473 g/mol. The van der Waals surface area contributed by atoms with Crippen LogP contribution in [-0.4, -0.2) is 18.8 Å². The van der Waals surface area contributed by atoms with Crippen LogP contribution < -0.4 is 10.1 Å². The summed E-state index contributed by atoms with van der Waals surface area (Å²) in [6.45, 7) is 1.98. The van der Waals surface area contributed by atoms with Crippen molar-refractivity contribution in [1.82, 2.24) is 0 Å². The van der Waals surface area contributed by atoms with Gasteiger partial charge in [0.15, 0.2) is 5.76 Å². The van der Waals surface area contributed by atoms with Crippen LogP contribution in [0.2, 0.25) is 5.02 Å². The molecule has 2 aromatic heterocycles. The van der Waals surface area contributed by atoms with E-state index in [2.05, 4.69) is 5.32 Å². The highest BCUT2D eigenvalue weighted by Gasteiger charge is 2.24. The van der Waals surface area contributed by atoms with Gasteiger partial charge in [-0.05, 0) is 49.4 Å². The number of carbonyl (C=O) groups is 2. The number of nitrogens with one attached hydrogen (secondary N) is 1. The Morgan fingerprint density at radius 1 is 1.00 bits per heavy atom. The minimum atomic E-state index is -0.402. The molecule has 0 aliphatic heterocycles. The number of halogens is 1. The van der Waals surface area contributed by atoms with Gasteiger partial charge in [-0.2, -0.15) is 0 Å². The predicted octanol–water partition coefficient (Wildman–Crippen LogP) is 6.56. The molecule has 0 radical (unpaired) electrons. The zero-order valence-electron chi connectivity index (χ0n) is 18.5. The van der Waals surface area contributed by atoms with E-state index in [1.807, 2.05) is 31.2 Å². The van der Waals surface area contributed by atoms with E-state index in [1.54, 1.807) is 36.6 Å². The number of hydrogen-bond donors (Lipinski definition) is 1. The van der Waals surface area contributed by atoms with Crippen LogP contribution in [0.1, 0.15) is 27.2 Å². The number of furan rings is 2. The second kappa shape index (κ2) is 8.72. The molecule has 0 unspecified atom stereocenters. The number of fused-ring (bicyclic) bond motifs is 2. The Morgan fingerprint density at radius 3 is 2.62 bits per heavy atom. The smallest absolute Gasteiger partial charge is 0.230 e. The molecule has 3 aromatic carbocycles. The lowest BCUT2D eigenvalue weighted by atomic mass is 10.1. The van der Waals surface area contributed by atoms with E-state index in [-0.39, 0.29) is 18.1 Å². The zero-order valence-corrected chi connectivity index (χ0v) is 19.2. The number of ether oxygens (including phenoxy) is 1. The fourth-order valence-electron chi connectivity index (χ4n) is 3.96. The van der Waals surface area contributed by atoms with E-state index < -0.39 is 5.78 Å². The van der Waals surface area contributed by atoms with Gasteiger partial charge in [-0.25, -0.2) is 0 Å². The number of hydrogen-bond acceptors (Lipinski definition) is 5. The Labute approximate surface area is 200 Å². The molecule has 5 rings (SSSR count). The summed E-state index contributed by atoms with van der Waals surface area (Å²) >= 11 is 6.22. The normalized spacial score (nSPS) is 11.1. The number of rotatable bonds is 6. The van der Waals surface area contributed by atoms with Crippen molar-refractivity contribution in [3.8, 4) is 5.75 Å². The van der Waals surface area contributed by atoms with Gasteiger partial charge in [0.1, 0.15) is 16.9 Å². The molecule has 170 valence electrons. The first-order chi connectivity index (χ1) is 16.4. The Bertz CT molecular complexity index is 1560. The third-order valence-corrected chi connectivity index (χ3v) is 5.94. The minimum absolute atomic E-state index is 0.0312. The maximum atomic E-state index is 13.3. The number of para-hydroxylation sites is 1. The van der Waals surface area contributed by atoms with E-state index in [0.29, 0.717) is 33.0 Å². The largest absolute Gasteiger partial charge is 0.495 e. The lowest BCUT2D eigenvalue weighted by molar-refractivity contribution is -0.115. The Balaban J connectivity index is 1.49. The maximum absolute atomic E-state index is 13.3. The SMILES string of the molecule is COc1ccc(C(=O)c2oc3ccccc3c2NC(=O)Cc2coc3ccc(C)cc23)cc1Cl. The molecule has 0 spiro atoms. The third-order valence-electron chi connectivity index (χ3n) is 5.64. The maximum Gasteiger partial charge on any atom is 0.230 e. The van der Waals surface area contributed by atoms with E-state index in [4.69, 9.17) is 25.2 Å². The van der Waals surface area contributed by atoms with Gasteiger partial charge in [-0.15, -0.1) is 0 Å². The number of anilines is 1. The summed E-state index contributed by atoms with van der Waals surface area (Å²) in [5.74, 6) is -0.208. The van der Waals surface area contributed by atoms with Crippen molar-refractivity contribution in [2.45, 2.75) is 13.3 Å². The van der Waals surface area contributed by atoms with Crippen LogP contribution in [0.4, 0.5) is 5.69 Å². The second-order valence-electron chi connectivity index (χ2n) is 7.97. The third kappa shape index (κ3) is 3.93. The molecule has 1 N–H and O–H groups in total. The molecule has 0 saturated heterocycles. The molecular formula is C27H20ClNO5. The van der Waals surface area contributed by atoms with Gasteiger partial charge in [0.25, 0.3) is 0 Å². The number of carbonyl (C=O) groups excluding carboxylic acids is 2. The summed E-state index contributed by atoms with van der Waals surface area (Å²) in [5, 5.41) is 4.71. The van der Waals surface area contributed by atoms with Crippen molar-refractivity contribution in [1.29, 1.82) is 0 Å². The highest BCUT2D eigenvalue weighted by atomic mass is 35.5. The Morgan fingerprint density at radius 2 is 1.82 bits per heavy atom.